The summed E-state index contributed by atoms with van der Waals surface area (Å²) in [7, 11) is 0. The van der Waals surface area contributed by atoms with E-state index in [0.717, 1.165) is 5.65 Å². The van der Waals surface area contributed by atoms with E-state index in [2.05, 4.69) is 10.1 Å². The van der Waals surface area contributed by atoms with Crippen LogP contribution in [0.25, 0.3) is 5.65 Å². The van der Waals surface area contributed by atoms with Gasteiger partial charge < -0.3 is 0 Å². The minimum absolute atomic E-state index is 0. The zero-order chi connectivity index (χ0) is 6.10. The molecule has 2 heterocycles. The van der Waals surface area contributed by atoms with Gasteiger partial charge in [0.05, 0.1) is 0 Å². The number of aromatic nitrogens is 3. The average molecular weight is 156 g/mol. The summed E-state index contributed by atoms with van der Waals surface area (Å²) in [5, 5.41) is 4.00. The molecule has 0 saturated carbocycles. The predicted octanol–water partition coefficient (Wildman–Crippen LogP) is 1.15. The molecule has 0 saturated heterocycles. The van der Waals surface area contributed by atoms with Gasteiger partial charge in [-0.3, -0.25) is 0 Å². The second-order valence-corrected chi connectivity index (χ2v) is 1.75. The van der Waals surface area contributed by atoms with Crippen LogP contribution in [-0.4, -0.2) is 14.6 Å². The number of hydrogen-bond acceptors (Lipinski definition) is 2. The fourth-order valence-corrected chi connectivity index (χ4v) is 0.765. The van der Waals surface area contributed by atoms with E-state index in [-0.39, 0.29) is 12.4 Å². The molecule has 0 amide bonds. The Kier molecular flexibility index (Phi) is 1.87. The first-order valence-corrected chi connectivity index (χ1v) is 2.71. The number of halogens is 1. The first-order chi connectivity index (χ1) is 4.47. The number of imidazole rings is 1. The van der Waals surface area contributed by atoms with Crippen LogP contribution in [0.5, 0.6) is 0 Å². The van der Waals surface area contributed by atoms with Crippen molar-refractivity contribution < 1.29 is 0 Å². The van der Waals surface area contributed by atoms with Crippen molar-refractivity contribution in [3.8, 4) is 0 Å². The van der Waals surface area contributed by atoms with Crippen LogP contribution < -0.4 is 0 Å². The fraction of sp³-hybridized carbons (Fsp3) is 0. The van der Waals surface area contributed by atoms with Gasteiger partial charge in [-0.25, -0.2) is 9.50 Å². The summed E-state index contributed by atoms with van der Waals surface area (Å²) in [6.07, 6.45) is 5.27. The molecule has 2 rings (SSSR count). The molecule has 0 aromatic carbocycles. The van der Waals surface area contributed by atoms with Gasteiger partial charge in [-0.15, -0.1) is 12.4 Å². The van der Waals surface area contributed by atoms with E-state index in [0.29, 0.717) is 0 Å². The van der Waals surface area contributed by atoms with Crippen molar-refractivity contribution in [2.24, 2.45) is 0 Å². The van der Waals surface area contributed by atoms with E-state index >= 15 is 0 Å². The zero-order valence-electron chi connectivity index (χ0n) is 5.14. The van der Waals surface area contributed by atoms with Crippen LogP contribution in [0.15, 0.2) is 30.7 Å². The molecule has 0 fully saturated rings. The first kappa shape index (κ1) is 7.02. The normalized spacial score (nSPS) is 9.20. The highest BCUT2D eigenvalue weighted by Gasteiger charge is 1.86. The molecule has 3 nitrogen and oxygen atoms in total. The maximum atomic E-state index is 4.02. The van der Waals surface area contributed by atoms with Crippen molar-refractivity contribution in [1.29, 1.82) is 0 Å². The van der Waals surface area contributed by atoms with E-state index in [1.165, 1.54) is 0 Å². The molecule has 0 radical (unpaired) electrons. The molecule has 2 aromatic rings. The Labute approximate surface area is 64.1 Å². The van der Waals surface area contributed by atoms with Crippen molar-refractivity contribution in [3.05, 3.63) is 30.7 Å². The number of nitrogens with zero attached hydrogens (tertiary/aromatic N) is 3. The maximum Gasteiger partial charge on any atom is 0.153 e. The van der Waals surface area contributed by atoms with Gasteiger partial charge in [0.2, 0.25) is 0 Å². The van der Waals surface area contributed by atoms with Crippen LogP contribution >= 0.6 is 12.4 Å². The van der Waals surface area contributed by atoms with Crippen molar-refractivity contribution in [1.82, 2.24) is 14.6 Å². The molecule has 0 N–H and O–H groups in total. The predicted molar refractivity (Wildman–Crippen MR) is 40.2 cm³/mol. The first-order valence-electron chi connectivity index (χ1n) is 2.71. The Balaban J connectivity index is 0.000000500. The summed E-state index contributed by atoms with van der Waals surface area (Å²) in [5.41, 5.74) is 0.887. The van der Waals surface area contributed by atoms with E-state index in [1.807, 2.05) is 18.3 Å². The van der Waals surface area contributed by atoms with Crippen molar-refractivity contribution in [2.75, 3.05) is 0 Å². The molecule has 0 spiro atoms. The van der Waals surface area contributed by atoms with Gasteiger partial charge in [0, 0.05) is 18.6 Å². The van der Waals surface area contributed by atoms with Gasteiger partial charge >= 0.3 is 0 Å². The van der Waals surface area contributed by atoms with Gasteiger partial charge in [0.25, 0.3) is 0 Å². The molecule has 2 aromatic heterocycles. The summed E-state index contributed by atoms with van der Waals surface area (Å²) in [4.78, 5) is 4.02. The summed E-state index contributed by atoms with van der Waals surface area (Å²) in [6, 6.07) is 3.77. The van der Waals surface area contributed by atoms with Crippen LogP contribution in [0.3, 0.4) is 0 Å². The Morgan fingerprint density at radius 3 is 3.00 bits per heavy atom. The fourth-order valence-electron chi connectivity index (χ4n) is 0.765. The third-order valence-electron chi connectivity index (χ3n) is 1.17. The lowest BCUT2D eigenvalue weighted by molar-refractivity contribution is 0.936. The lowest BCUT2D eigenvalue weighted by Crippen LogP contribution is -1.85. The second-order valence-electron chi connectivity index (χ2n) is 1.75. The van der Waals surface area contributed by atoms with Crippen molar-refractivity contribution >= 4 is 18.1 Å². The number of rotatable bonds is 0. The van der Waals surface area contributed by atoms with Crippen LogP contribution in [0, 0.1) is 0 Å². The summed E-state index contributed by atoms with van der Waals surface area (Å²) in [5.74, 6) is 0. The van der Waals surface area contributed by atoms with E-state index in [9.17, 15) is 0 Å². The molecule has 52 valence electrons. The molecule has 0 atom stereocenters. The number of fused-ring (bicyclic) bond motifs is 1. The molecule has 0 aliphatic carbocycles. The summed E-state index contributed by atoms with van der Waals surface area (Å²) < 4.78 is 1.72. The minimum Gasteiger partial charge on any atom is -0.236 e. The standard InChI is InChI=1S/C6H5N3.ClH/c1-2-6-7-4-5-9(6)8-3-1;/h1-5H;1H. The molecule has 0 aliphatic rings. The van der Waals surface area contributed by atoms with Gasteiger partial charge in [-0.1, -0.05) is 0 Å². The van der Waals surface area contributed by atoms with Crippen LogP contribution in [-0.2, 0) is 0 Å². The molecule has 4 heteroatoms. The van der Waals surface area contributed by atoms with Crippen LogP contribution in [0.2, 0.25) is 0 Å². The largest absolute Gasteiger partial charge is 0.236 e. The smallest absolute Gasteiger partial charge is 0.153 e. The lowest BCUT2D eigenvalue weighted by Gasteiger charge is -1.85. The summed E-state index contributed by atoms with van der Waals surface area (Å²) in [6.45, 7) is 0. The van der Waals surface area contributed by atoms with E-state index in [4.69, 9.17) is 0 Å². The Bertz CT molecular complexity index is 287. The van der Waals surface area contributed by atoms with Crippen LogP contribution in [0.4, 0.5) is 0 Å². The molecule has 10 heavy (non-hydrogen) atoms. The monoisotopic (exact) mass is 155 g/mol. The third kappa shape index (κ3) is 0.953. The van der Waals surface area contributed by atoms with E-state index in [1.54, 1.807) is 16.9 Å². The highest BCUT2D eigenvalue weighted by atomic mass is 35.5. The molecule has 0 unspecified atom stereocenters. The van der Waals surface area contributed by atoms with Gasteiger partial charge in [0.15, 0.2) is 5.65 Å². The number of hydrogen-bond donors (Lipinski definition) is 0. The van der Waals surface area contributed by atoms with Crippen molar-refractivity contribution in [2.45, 2.75) is 0 Å². The highest BCUT2D eigenvalue weighted by Crippen LogP contribution is 1.93. The Morgan fingerprint density at radius 2 is 2.20 bits per heavy atom. The quantitative estimate of drug-likeness (QED) is 0.572. The molecular formula is C6H6ClN3. The highest BCUT2D eigenvalue weighted by molar-refractivity contribution is 5.85. The SMILES string of the molecule is Cl.c1cnn2ccnc2c1. The lowest BCUT2D eigenvalue weighted by atomic mass is 10.6. The maximum absolute atomic E-state index is 4.02. The Morgan fingerprint density at radius 1 is 1.30 bits per heavy atom. The summed E-state index contributed by atoms with van der Waals surface area (Å²) >= 11 is 0. The topological polar surface area (TPSA) is 30.2 Å². The molecule has 0 aliphatic heterocycles. The average Bonchev–Trinajstić information content (AvgIpc) is 2.33. The van der Waals surface area contributed by atoms with Gasteiger partial charge in [-0.05, 0) is 12.1 Å². The molecular weight excluding hydrogens is 150 g/mol. The van der Waals surface area contributed by atoms with Crippen LogP contribution in [0.1, 0.15) is 0 Å². The van der Waals surface area contributed by atoms with Gasteiger partial charge in [-0.2, -0.15) is 5.10 Å². The zero-order valence-corrected chi connectivity index (χ0v) is 5.95. The minimum atomic E-state index is 0. The van der Waals surface area contributed by atoms with Gasteiger partial charge in [0.1, 0.15) is 0 Å². The van der Waals surface area contributed by atoms with E-state index < -0.39 is 0 Å². The Hall–Kier alpha value is -1.09. The second kappa shape index (κ2) is 2.66. The van der Waals surface area contributed by atoms with Crippen molar-refractivity contribution in [3.63, 3.8) is 0 Å². The molecule has 0 bridgehead atoms. The third-order valence-corrected chi connectivity index (χ3v) is 1.17.